The minimum Gasteiger partial charge on any atom is -0.377 e. The summed E-state index contributed by atoms with van der Waals surface area (Å²) in [5.41, 5.74) is 2.57. The second-order valence-electron chi connectivity index (χ2n) is 6.99. The van der Waals surface area contributed by atoms with Gasteiger partial charge in [-0.05, 0) is 37.7 Å². The summed E-state index contributed by atoms with van der Waals surface area (Å²) in [6.07, 6.45) is 10.2. The molecule has 0 saturated heterocycles. The summed E-state index contributed by atoms with van der Waals surface area (Å²) >= 11 is 0. The zero-order valence-corrected chi connectivity index (χ0v) is 14.5. The molecule has 2 aliphatic rings. The van der Waals surface area contributed by atoms with Gasteiger partial charge in [0.05, 0.1) is 17.8 Å². The van der Waals surface area contributed by atoms with E-state index in [1.807, 2.05) is 0 Å². The second-order valence-corrected chi connectivity index (χ2v) is 6.99. The minimum absolute atomic E-state index is 0.0542. The van der Waals surface area contributed by atoms with E-state index in [1.54, 1.807) is 13.2 Å². The Kier molecular flexibility index (Phi) is 4.57. The van der Waals surface area contributed by atoms with E-state index in [-0.39, 0.29) is 17.6 Å². The first-order chi connectivity index (χ1) is 12.2. The molecule has 7 heteroatoms. The van der Waals surface area contributed by atoms with Crippen LogP contribution in [-0.4, -0.2) is 28.0 Å². The Morgan fingerprint density at radius 3 is 3.00 bits per heavy atom. The number of hydrogen-bond acceptors (Lipinski definition) is 5. The Hall–Kier alpha value is -2.15. The first-order valence-corrected chi connectivity index (χ1v) is 9.08. The lowest BCUT2D eigenvalue weighted by molar-refractivity contribution is 0.0921. The van der Waals surface area contributed by atoms with Gasteiger partial charge in [-0.3, -0.25) is 9.48 Å². The summed E-state index contributed by atoms with van der Waals surface area (Å²) in [4.78, 5) is 12.5. The lowest BCUT2D eigenvalue weighted by Crippen LogP contribution is -2.31. The largest absolute Gasteiger partial charge is 0.377 e. The van der Waals surface area contributed by atoms with E-state index in [4.69, 9.17) is 14.4 Å². The van der Waals surface area contributed by atoms with Gasteiger partial charge in [0.2, 0.25) is 0 Å². The number of amides is 1. The van der Waals surface area contributed by atoms with E-state index in [0.717, 1.165) is 25.0 Å². The third kappa shape index (κ3) is 3.33. The summed E-state index contributed by atoms with van der Waals surface area (Å²) in [7, 11) is 1.58. The molecule has 0 aliphatic heterocycles. The van der Waals surface area contributed by atoms with Crippen molar-refractivity contribution in [2.45, 2.75) is 63.6 Å². The molecule has 1 atom stereocenters. The highest BCUT2D eigenvalue weighted by Crippen LogP contribution is 2.33. The molecular formula is C18H24N4O3. The summed E-state index contributed by atoms with van der Waals surface area (Å²) in [6, 6.07) is 2.09. The summed E-state index contributed by atoms with van der Waals surface area (Å²) in [6.45, 7) is 0.305. The fourth-order valence-electron chi connectivity index (χ4n) is 3.92. The van der Waals surface area contributed by atoms with Crippen molar-refractivity contribution in [1.29, 1.82) is 0 Å². The van der Waals surface area contributed by atoms with Crippen LogP contribution < -0.4 is 5.32 Å². The topological polar surface area (TPSA) is 82.2 Å². The van der Waals surface area contributed by atoms with Gasteiger partial charge in [0.1, 0.15) is 6.61 Å². The number of aromatic nitrogens is 3. The monoisotopic (exact) mass is 344 g/mol. The first kappa shape index (κ1) is 16.3. The number of nitrogens with zero attached hydrogens (tertiary/aromatic N) is 3. The standard InChI is InChI=1S/C18H24N4O3/c1-24-11-14-9-16(21-25-14)18(23)19-15-8-4-5-12-10-22(20-17(12)15)13-6-2-3-7-13/h9-10,13,15H,2-8,11H2,1H3,(H,19,23)/t15-/m1/s1. The van der Waals surface area contributed by atoms with Crippen LogP contribution in [-0.2, 0) is 17.8 Å². The highest BCUT2D eigenvalue weighted by molar-refractivity contribution is 5.92. The molecule has 2 aromatic heterocycles. The maximum atomic E-state index is 12.5. The van der Waals surface area contributed by atoms with Crippen LogP contribution in [0.1, 0.15) is 78.1 Å². The van der Waals surface area contributed by atoms with Crippen LogP contribution >= 0.6 is 0 Å². The van der Waals surface area contributed by atoms with Crippen LogP contribution in [0, 0.1) is 0 Å². The SMILES string of the molecule is COCc1cc(C(=O)N[C@@H]2CCCc3cn(C4CCCC4)nc32)no1. The molecular weight excluding hydrogens is 320 g/mol. The summed E-state index contributed by atoms with van der Waals surface area (Å²) in [5.74, 6) is 0.321. The molecule has 25 heavy (non-hydrogen) atoms. The number of ether oxygens (including phenoxy) is 1. The zero-order valence-electron chi connectivity index (χ0n) is 14.5. The third-order valence-electron chi connectivity index (χ3n) is 5.19. The Bertz CT molecular complexity index is 745. The van der Waals surface area contributed by atoms with Crippen LogP contribution in [0.3, 0.4) is 0 Å². The van der Waals surface area contributed by atoms with Gasteiger partial charge in [0.25, 0.3) is 5.91 Å². The van der Waals surface area contributed by atoms with Crippen molar-refractivity contribution in [1.82, 2.24) is 20.3 Å². The maximum Gasteiger partial charge on any atom is 0.274 e. The van der Waals surface area contributed by atoms with Crippen molar-refractivity contribution in [3.8, 4) is 0 Å². The van der Waals surface area contributed by atoms with Crippen molar-refractivity contribution in [3.63, 3.8) is 0 Å². The molecule has 0 aromatic carbocycles. The molecule has 0 spiro atoms. The predicted octanol–water partition coefficient (Wildman–Crippen LogP) is 2.94. The van der Waals surface area contributed by atoms with E-state index in [9.17, 15) is 4.79 Å². The van der Waals surface area contributed by atoms with E-state index in [0.29, 0.717) is 18.4 Å². The lowest BCUT2D eigenvalue weighted by atomic mass is 9.93. The van der Waals surface area contributed by atoms with Gasteiger partial charge in [0, 0.05) is 19.4 Å². The minimum atomic E-state index is -0.223. The fraction of sp³-hybridized carbons (Fsp3) is 0.611. The average Bonchev–Trinajstić information content (AvgIpc) is 3.35. The predicted molar refractivity (Wildman–Crippen MR) is 90.1 cm³/mol. The van der Waals surface area contributed by atoms with E-state index < -0.39 is 0 Å². The normalized spacial score (nSPS) is 20.6. The number of methoxy groups -OCH3 is 1. The van der Waals surface area contributed by atoms with Gasteiger partial charge in [-0.25, -0.2) is 0 Å². The van der Waals surface area contributed by atoms with E-state index in [1.165, 1.54) is 31.2 Å². The molecule has 1 saturated carbocycles. The summed E-state index contributed by atoms with van der Waals surface area (Å²) < 4.78 is 12.2. The van der Waals surface area contributed by atoms with Crippen LogP contribution in [0.25, 0.3) is 0 Å². The van der Waals surface area contributed by atoms with Crippen LogP contribution in [0.2, 0.25) is 0 Å². The van der Waals surface area contributed by atoms with Crippen molar-refractivity contribution >= 4 is 5.91 Å². The van der Waals surface area contributed by atoms with Crippen molar-refractivity contribution in [3.05, 3.63) is 35.0 Å². The molecule has 1 amide bonds. The van der Waals surface area contributed by atoms with Crippen molar-refractivity contribution < 1.29 is 14.1 Å². The molecule has 1 N–H and O–H groups in total. The van der Waals surface area contributed by atoms with Gasteiger partial charge in [0.15, 0.2) is 11.5 Å². The van der Waals surface area contributed by atoms with E-state index in [2.05, 4.69) is 21.4 Å². The van der Waals surface area contributed by atoms with Crippen LogP contribution in [0.4, 0.5) is 0 Å². The van der Waals surface area contributed by atoms with Gasteiger partial charge < -0.3 is 14.6 Å². The molecule has 134 valence electrons. The number of carbonyl (C=O) groups excluding carboxylic acids is 1. The highest BCUT2D eigenvalue weighted by Gasteiger charge is 2.28. The van der Waals surface area contributed by atoms with E-state index >= 15 is 0 Å². The lowest BCUT2D eigenvalue weighted by Gasteiger charge is -2.21. The van der Waals surface area contributed by atoms with Gasteiger partial charge in [-0.2, -0.15) is 5.10 Å². The van der Waals surface area contributed by atoms with Crippen molar-refractivity contribution in [2.75, 3.05) is 7.11 Å². The molecule has 7 nitrogen and oxygen atoms in total. The average molecular weight is 344 g/mol. The molecule has 1 fully saturated rings. The molecule has 2 aromatic rings. The third-order valence-corrected chi connectivity index (χ3v) is 5.19. The van der Waals surface area contributed by atoms with Crippen LogP contribution in [0.5, 0.6) is 0 Å². The number of nitrogens with one attached hydrogen (secondary N) is 1. The molecule has 0 unspecified atom stereocenters. The molecule has 4 rings (SSSR count). The molecule has 2 heterocycles. The smallest absolute Gasteiger partial charge is 0.274 e. The van der Waals surface area contributed by atoms with Gasteiger partial charge >= 0.3 is 0 Å². The van der Waals surface area contributed by atoms with Crippen LogP contribution in [0.15, 0.2) is 16.8 Å². The van der Waals surface area contributed by atoms with Gasteiger partial charge in [-0.15, -0.1) is 0 Å². The number of aryl methyl sites for hydroxylation is 1. The second kappa shape index (κ2) is 7.00. The first-order valence-electron chi connectivity index (χ1n) is 9.08. The number of carbonyl (C=O) groups is 1. The molecule has 0 radical (unpaired) electrons. The van der Waals surface area contributed by atoms with Crippen molar-refractivity contribution in [2.24, 2.45) is 0 Å². The number of fused-ring (bicyclic) bond motifs is 1. The zero-order chi connectivity index (χ0) is 17.2. The summed E-state index contributed by atoms with van der Waals surface area (Å²) in [5, 5.41) is 11.7. The maximum absolute atomic E-state index is 12.5. The molecule has 2 aliphatic carbocycles. The number of rotatable bonds is 5. The number of hydrogen-bond donors (Lipinski definition) is 1. The Balaban J connectivity index is 1.49. The quantitative estimate of drug-likeness (QED) is 0.902. The van der Waals surface area contributed by atoms with Gasteiger partial charge in [-0.1, -0.05) is 18.0 Å². The molecule has 0 bridgehead atoms. The highest BCUT2D eigenvalue weighted by atomic mass is 16.5. The fourth-order valence-corrected chi connectivity index (χ4v) is 3.92. The Labute approximate surface area is 146 Å². The Morgan fingerprint density at radius 2 is 2.20 bits per heavy atom. The Morgan fingerprint density at radius 1 is 1.36 bits per heavy atom.